The first-order valence-corrected chi connectivity index (χ1v) is 12.7. The largest absolute Gasteiger partial charge is 0.294 e. The van der Waals surface area contributed by atoms with Gasteiger partial charge in [0.05, 0.1) is 17.4 Å². The normalized spacial score (nSPS) is 20.4. The van der Waals surface area contributed by atoms with E-state index in [0.29, 0.717) is 25.2 Å². The molecule has 3 nitrogen and oxygen atoms in total. The second-order valence-corrected chi connectivity index (χ2v) is 9.75. The first-order chi connectivity index (χ1) is 18.5. The Morgan fingerprint density at radius 1 is 0.763 bits per heavy atom. The molecule has 6 rings (SSSR count). The molecule has 0 aromatic heterocycles. The van der Waals surface area contributed by atoms with Crippen LogP contribution in [0.2, 0.25) is 0 Å². The molecule has 0 amide bonds. The standard InChI is InChI=1S/C32H26F3N3/c33-26-14-10-22(11-15-26)18-25-20-37(19-24-6-4-5-9-30(24)35)21-29-31(25)36-38(28-7-2-1-3-8-28)32(29)23-12-16-27(34)17-13-23/h1-18,29,32H,19-21H2. The van der Waals surface area contributed by atoms with Crippen LogP contribution in [0.25, 0.3) is 6.08 Å². The highest BCUT2D eigenvalue weighted by molar-refractivity contribution is 6.09. The number of para-hydroxylation sites is 1. The Bertz CT molecular complexity index is 1480. The Morgan fingerprint density at radius 3 is 2.13 bits per heavy atom. The Labute approximate surface area is 220 Å². The van der Waals surface area contributed by atoms with Crippen LogP contribution in [0.3, 0.4) is 0 Å². The first kappa shape index (κ1) is 24.2. The van der Waals surface area contributed by atoms with Gasteiger partial charge in [-0.25, -0.2) is 13.2 Å². The number of hydrogen-bond donors (Lipinski definition) is 0. The molecule has 4 aromatic carbocycles. The fourth-order valence-corrected chi connectivity index (χ4v) is 5.43. The van der Waals surface area contributed by atoms with Gasteiger partial charge in [-0.15, -0.1) is 0 Å². The molecule has 0 aliphatic carbocycles. The maximum absolute atomic E-state index is 14.6. The van der Waals surface area contributed by atoms with E-state index < -0.39 is 0 Å². The maximum Gasteiger partial charge on any atom is 0.127 e. The fraction of sp³-hybridized carbons (Fsp3) is 0.156. The van der Waals surface area contributed by atoms with Crippen molar-refractivity contribution in [3.05, 3.63) is 143 Å². The molecule has 38 heavy (non-hydrogen) atoms. The van der Waals surface area contributed by atoms with Crippen molar-refractivity contribution >= 4 is 17.5 Å². The van der Waals surface area contributed by atoms with Crippen LogP contribution in [-0.4, -0.2) is 23.7 Å². The molecule has 0 bridgehead atoms. The maximum atomic E-state index is 14.6. The summed E-state index contributed by atoms with van der Waals surface area (Å²) in [5.74, 6) is -0.864. The average molecular weight is 510 g/mol. The predicted octanol–water partition coefficient (Wildman–Crippen LogP) is 7.24. The van der Waals surface area contributed by atoms with E-state index >= 15 is 0 Å². The van der Waals surface area contributed by atoms with Gasteiger partial charge in [-0.3, -0.25) is 9.91 Å². The predicted molar refractivity (Wildman–Crippen MR) is 145 cm³/mol. The molecular weight excluding hydrogens is 483 g/mol. The lowest BCUT2D eigenvalue weighted by molar-refractivity contribution is 0.242. The molecule has 0 radical (unpaired) electrons. The van der Waals surface area contributed by atoms with E-state index in [1.54, 1.807) is 18.2 Å². The summed E-state index contributed by atoms with van der Waals surface area (Å²) in [4.78, 5) is 2.22. The molecule has 2 unspecified atom stereocenters. The highest BCUT2D eigenvalue weighted by atomic mass is 19.1. The highest BCUT2D eigenvalue weighted by Crippen LogP contribution is 2.43. The summed E-state index contributed by atoms with van der Waals surface area (Å²) in [5, 5.41) is 7.14. The quantitative estimate of drug-likeness (QED) is 0.283. The van der Waals surface area contributed by atoms with Crippen molar-refractivity contribution in [3.8, 4) is 0 Å². The van der Waals surface area contributed by atoms with E-state index in [-0.39, 0.29) is 29.4 Å². The van der Waals surface area contributed by atoms with Gasteiger partial charge in [-0.2, -0.15) is 5.10 Å². The first-order valence-electron chi connectivity index (χ1n) is 12.7. The number of fused-ring (bicyclic) bond motifs is 1. The van der Waals surface area contributed by atoms with Gasteiger partial charge in [-0.1, -0.05) is 60.7 Å². The summed E-state index contributed by atoms with van der Waals surface area (Å²) in [6.07, 6.45) is 2.04. The van der Waals surface area contributed by atoms with Gasteiger partial charge >= 0.3 is 0 Å². The van der Waals surface area contributed by atoms with Crippen molar-refractivity contribution in [2.45, 2.75) is 12.6 Å². The van der Waals surface area contributed by atoms with E-state index in [2.05, 4.69) is 4.90 Å². The number of hydrazone groups is 1. The van der Waals surface area contributed by atoms with Crippen LogP contribution in [0.1, 0.15) is 22.7 Å². The van der Waals surface area contributed by atoms with E-state index in [0.717, 1.165) is 28.1 Å². The molecule has 2 atom stereocenters. The molecule has 2 heterocycles. The number of halogens is 3. The molecule has 190 valence electrons. The van der Waals surface area contributed by atoms with E-state index in [4.69, 9.17) is 5.10 Å². The number of likely N-dealkylation sites (tertiary alicyclic amines) is 1. The van der Waals surface area contributed by atoms with Gasteiger partial charge in [0.2, 0.25) is 0 Å². The third-order valence-electron chi connectivity index (χ3n) is 7.18. The molecular formula is C32H26F3N3. The molecule has 0 N–H and O–H groups in total. The molecule has 2 aliphatic heterocycles. The zero-order valence-electron chi connectivity index (χ0n) is 20.6. The van der Waals surface area contributed by atoms with Crippen LogP contribution < -0.4 is 5.01 Å². The molecule has 2 aliphatic rings. The summed E-state index contributed by atoms with van der Waals surface area (Å²) < 4.78 is 42.1. The molecule has 1 saturated heterocycles. The summed E-state index contributed by atoms with van der Waals surface area (Å²) in [6.45, 7) is 1.66. The van der Waals surface area contributed by atoms with Gasteiger partial charge < -0.3 is 0 Å². The molecule has 0 saturated carbocycles. The van der Waals surface area contributed by atoms with Gasteiger partial charge in [0.1, 0.15) is 17.5 Å². The lowest BCUT2D eigenvalue weighted by Crippen LogP contribution is -2.43. The van der Waals surface area contributed by atoms with E-state index in [1.807, 2.05) is 65.7 Å². The minimum Gasteiger partial charge on any atom is -0.294 e. The SMILES string of the molecule is Fc1ccc(C=C2CN(Cc3ccccc3F)CC3C2=NN(c2ccccc2)C3c2ccc(F)cc2)cc1. The van der Waals surface area contributed by atoms with Gasteiger partial charge in [-0.05, 0) is 65.2 Å². The van der Waals surface area contributed by atoms with Gasteiger partial charge in [0.15, 0.2) is 0 Å². The number of anilines is 1. The highest BCUT2D eigenvalue weighted by Gasteiger charge is 2.44. The molecule has 6 heteroatoms. The summed E-state index contributed by atoms with van der Waals surface area (Å²) in [5.41, 5.74) is 5.32. The average Bonchev–Trinajstić information content (AvgIpc) is 3.32. The van der Waals surface area contributed by atoms with E-state index in [1.165, 1.54) is 30.3 Å². The van der Waals surface area contributed by atoms with Crippen molar-refractivity contribution in [1.29, 1.82) is 0 Å². The van der Waals surface area contributed by atoms with Crippen molar-refractivity contribution in [2.75, 3.05) is 18.1 Å². The Balaban J connectivity index is 1.45. The number of benzene rings is 4. The lowest BCUT2D eigenvalue weighted by Gasteiger charge is -2.36. The van der Waals surface area contributed by atoms with Crippen molar-refractivity contribution in [3.63, 3.8) is 0 Å². The lowest BCUT2D eigenvalue weighted by atomic mass is 9.82. The second kappa shape index (κ2) is 10.3. The summed E-state index contributed by atoms with van der Waals surface area (Å²) >= 11 is 0. The monoisotopic (exact) mass is 509 g/mol. The second-order valence-electron chi connectivity index (χ2n) is 9.75. The zero-order chi connectivity index (χ0) is 26.1. The van der Waals surface area contributed by atoms with Crippen LogP contribution in [0, 0.1) is 23.4 Å². The van der Waals surface area contributed by atoms with Crippen molar-refractivity contribution < 1.29 is 13.2 Å². The zero-order valence-corrected chi connectivity index (χ0v) is 20.6. The molecule has 0 spiro atoms. The van der Waals surface area contributed by atoms with Crippen LogP contribution in [-0.2, 0) is 6.54 Å². The fourth-order valence-electron chi connectivity index (χ4n) is 5.43. The van der Waals surface area contributed by atoms with Crippen LogP contribution in [0.4, 0.5) is 18.9 Å². The summed E-state index contributed by atoms with van der Waals surface area (Å²) in [7, 11) is 0. The van der Waals surface area contributed by atoms with E-state index in [9.17, 15) is 13.2 Å². The molecule has 1 fully saturated rings. The third kappa shape index (κ3) is 4.87. The number of hydrogen-bond acceptors (Lipinski definition) is 3. The Hall–Kier alpha value is -4.16. The van der Waals surface area contributed by atoms with Crippen molar-refractivity contribution in [1.82, 2.24) is 4.90 Å². The minimum absolute atomic E-state index is 0.0483. The Kier molecular flexibility index (Phi) is 6.56. The topological polar surface area (TPSA) is 18.8 Å². The van der Waals surface area contributed by atoms with Crippen LogP contribution >= 0.6 is 0 Å². The summed E-state index contributed by atoms with van der Waals surface area (Å²) in [6, 6.07) is 29.5. The number of nitrogens with zero attached hydrogens (tertiary/aromatic N) is 3. The van der Waals surface area contributed by atoms with Gasteiger partial charge in [0, 0.05) is 31.1 Å². The number of piperidine rings is 1. The third-order valence-corrected chi connectivity index (χ3v) is 7.18. The van der Waals surface area contributed by atoms with Crippen molar-refractivity contribution in [2.24, 2.45) is 11.0 Å². The van der Waals surface area contributed by atoms with Gasteiger partial charge in [0.25, 0.3) is 0 Å². The molecule has 4 aromatic rings. The number of rotatable bonds is 5. The van der Waals surface area contributed by atoms with Crippen LogP contribution in [0.5, 0.6) is 0 Å². The minimum atomic E-state index is -0.292. The Morgan fingerprint density at radius 2 is 1.42 bits per heavy atom. The smallest absolute Gasteiger partial charge is 0.127 e. The van der Waals surface area contributed by atoms with Crippen LogP contribution in [0.15, 0.2) is 114 Å².